The lowest BCUT2D eigenvalue weighted by Gasteiger charge is -2.39. The molecule has 1 aliphatic rings. The average Bonchev–Trinajstić information content (AvgIpc) is 1.99. The van der Waals surface area contributed by atoms with Crippen molar-refractivity contribution in [2.75, 3.05) is 13.1 Å². The zero-order chi connectivity index (χ0) is 10.2. The molecule has 0 radical (unpaired) electrons. The Balaban J connectivity index is 2.16. The highest BCUT2D eigenvalue weighted by atomic mass is 79.9. The largest absolute Gasteiger partial charge is 0.316 e. The van der Waals surface area contributed by atoms with Crippen LogP contribution in [0.3, 0.4) is 0 Å². The summed E-state index contributed by atoms with van der Waals surface area (Å²) in [6.07, 6.45) is 0.941. The highest BCUT2D eigenvalue weighted by molar-refractivity contribution is 9.10. The maximum Gasteiger partial charge on any atom is 0.124 e. The summed E-state index contributed by atoms with van der Waals surface area (Å²) in [5, 5.41) is 3.25. The lowest BCUT2D eigenvalue weighted by Crippen LogP contribution is -2.52. The lowest BCUT2D eigenvalue weighted by molar-refractivity contribution is 0.195. The first-order valence-corrected chi connectivity index (χ1v) is 5.52. The molecule has 0 atom stereocenters. The highest BCUT2D eigenvalue weighted by Crippen LogP contribution is 2.28. The zero-order valence-corrected chi connectivity index (χ0v) is 9.70. The van der Waals surface area contributed by atoms with Crippen LogP contribution >= 0.6 is 15.9 Å². The number of hydrogen-bond donors (Lipinski definition) is 1. The second-order valence-electron chi connectivity index (χ2n) is 4.37. The summed E-state index contributed by atoms with van der Waals surface area (Å²) in [6, 6.07) is 5.10. The summed E-state index contributed by atoms with van der Waals surface area (Å²) < 4.78 is 13.9. The Hall–Kier alpha value is -0.410. The third kappa shape index (κ3) is 2.15. The Morgan fingerprint density at radius 2 is 2.14 bits per heavy atom. The molecule has 0 unspecified atom stereocenters. The molecule has 0 spiro atoms. The van der Waals surface area contributed by atoms with Crippen molar-refractivity contribution in [2.24, 2.45) is 5.41 Å². The second kappa shape index (κ2) is 3.63. The van der Waals surface area contributed by atoms with Crippen LogP contribution in [0, 0.1) is 11.2 Å². The van der Waals surface area contributed by atoms with Crippen LogP contribution in [0.4, 0.5) is 4.39 Å². The first-order valence-electron chi connectivity index (χ1n) is 4.73. The minimum atomic E-state index is -0.162. The monoisotopic (exact) mass is 257 g/mol. The predicted molar refractivity (Wildman–Crippen MR) is 58.8 cm³/mol. The van der Waals surface area contributed by atoms with Gasteiger partial charge < -0.3 is 5.32 Å². The van der Waals surface area contributed by atoms with E-state index in [0.29, 0.717) is 5.41 Å². The van der Waals surface area contributed by atoms with Gasteiger partial charge in [-0.25, -0.2) is 4.39 Å². The fraction of sp³-hybridized carbons (Fsp3) is 0.455. The topological polar surface area (TPSA) is 12.0 Å². The molecule has 0 saturated carbocycles. The maximum absolute atomic E-state index is 13.1. The quantitative estimate of drug-likeness (QED) is 0.860. The number of benzene rings is 1. The first kappa shape index (κ1) is 10.1. The summed E-state index contributed by atoms with van der Waals surface area (Å²) in [4.78, 5) is 0. The van der Waals surface area contributed by atoms with Crippen molar-refractivity contribution in [3.63, 3.8) is 0 Å². The van der Waals surface area contributed by atoms with Gasteiger partial charge in [-0.2, -0.15) is 0 Å². The van der Waals surface area contributed by atoms with Crippen molar-refractivity contribution >= 4 is 15.9 Å². The molecule has 1 aromatic carbocycles. The Labute approximate surface area is 91.8 Å². The van der Waals surface area contributed by atoms with E-state index in [1.54, 1.807) is 6.07 Å². The van der Waals surface area contributed by atoms with E-state index in [0.717, 1.165) is 29.5 Å². The van der Waals surface area contributed by atoms with E-state index in [1.165, 1.54) is 6.07 Å². The fourth-order valence-corrected chi connectivity index (χ4v) is 2.40. The standard InChI is InChI=1S/C11H13BrFN/c1-11(6-14-7-11)5-8-2-9(12)4-10(13)3-8/h2-4,14H,5-7H2,1H3. The van der Waals surface area contributed by atoms with Crippen LogP contribution in [0.5, 0.6) is 0 Å². The van der Waals surface area contributed by atoms with Crippen LogP contribution < -0.4 is 5.32 Å². The molecule has 1 N–H and O–H groups in total. The number of hydrogen-bond acceptors (Lipinski definition) is 1. The molecule has 1 fully saturated rings. The van der Waals surface area contributed by atoms with E-state index in [1.807, 2.05) is 6.07 Å². The minimum Gasteiger partial charge on any atom is -0.316 e. The van der Waals surface area contributed by atoms with Gasteiger partial charge in [-0.3, -0.25) is 0 Å². The zero-order valence-electron chi connectivity index (χ0n) is 8.11. The normalized spacial score (nSPS) is 19.1. The van der Waals surface area contributed by atoms with Crippen molar-refractivity contribution in [2.45, 2.75) is 13.3 Å². The minimum absolute atomic E-state index is 0.162. The van der Waals surface area contributed by atoms with Gasteiger partial charge in [0.15, 0.2) is 0 Å². The molecule has 0 aromatic heterocycles. The first-order chi connectivity index (χ1) is 6.57. The van der Waals surface area contributed by atoms with Gasteiger partial charge in [0.05, 0.1) is 0 Å². The van der Waals surface area contributed by atoms with E-state index in [2.05, 4.69) is 28.2 Å². The maximum atomic E-state index is 13.1. The number of rotatable bonds is 2. The molecule has 3 heteroatoms. The predicted octanol–water partition coefficient (Wildman–Crippen LogP) is 2.74. The molecule has 1 aliphatic heterocycles. The van der Waals surface area contributed by atoms with Gasteiger partial charge in [-0.05, 0) is 35.6 Å². The van der Waals surface area contributed by atoms with Gasteiger partial charge in [-0.1, -0.05) is 22.9 Å². The molecule has 0 aliphatic carbocycles. The Morgan fingerprint density at radius 1 is 1.43 bits per heavy atom. The summed E-state index contributed by atoms with van der Waals surface area (Å²) in [6.45, 7) is 4.28. The van der Waals surface area contributed by atoms with Crippen molar-refractivity contribution in [1.82, 2.24) is 5.32 Å². The molecular weight excluding hydrogens is 245 g/mol. The summed E-state index contributed by atoms with van der Waals surface area (Å²) in [7, 11) is 0. The van der Waals surface area contributed by atoms with Gasteiger partial charge in [0.2, 0.25) is 0 Å². The van der Waals surface area contributed by atoms with Gasteiger partial charge in [0.25, 0.3) is 0 Å². The third-order valence-corrected chi connectivity index (χ3v) is 3.11. The van der Waals surface area contributed by atoms with Crippen LogP contribution in [-0.2, 0) is 6.42 Å². The average molecular weight is 258 g/mol. The molecule has 0 amide bonds. The lowest BCUT2D eigenvalue weighted by atomic mass is 9.78. The summed E-state index contributed by atoms with van der Waals surface area (Å²) in [5.74, 6) is -0.162. The molecule has 2 rings (SSSR count). The summed E-state index contributed by atoms with van der Waals surface area (Å²) >= 11 is 3.30. The van der Waals surface area contributed by atoms with Crippen molar-refractivity contribution in [1.29, 1.82) is 0 Å². The van der Waals surface area contributed by atoms with Crippen LogP contribution in [0.2, 0.25) is 0 Å². The molecule has 1 aromatic rings. The molecule has 14 heavy (non-hydrogen) atoms. The SMILES string of the molecule is CC1(Cc2cc(F)cc(Br)c2)CNC1. The molecule has 1 saturated heterocycles. The Morgan fingerprint density at radius 3 is 2.64 bits per heavy atom. The van der Waals surface area contributed by atoms with Crippen molar-refractivity contribution in [3.8, 4) is 0 Å². The molecule has 1 heterocycles. The van der Waals surface area contributed by atoms with E-state index >= 15 is 0 Å². The van der Waals surface area contributed by atoms with Crippen molar-refractivity contribution < 1.29 is 4.39 Å². The van der Waals surface area contributed by atoms with Crippen LogP contribution in [0.15, 0.2) is 22.7 Å². The van der Waals surface area contributed by atoms with Crippen LogP contribution in [0.1, 0.15) is 12.5 Å². The summed E-state index contributed by atoms with van der Waals surface area (Å²) in [5.41, 5.74) is 1.38. The Kier molecular flexibility index (Phi) is 2.62. The van der Waals surface area contributed by atoms with Gasteiger partial charge in [0, 0.05) is 17.6 Å². The number of nitrogens with one attached hydrogen (secondary N) is 1. The van der Waals surface area contributed by atoms with E-state index in [-0.39, 0.29) is 5.82 Å². The van der Waals surface area contributed by atoms with Crippen LogP contribution in [0.25, 0.3) is 0 Å². The van der Waals surface area contributed by atoms with E-state index < -0.39 is 0 Å². The number of halogens is 2. The van der Waals surface area contributed by atoms with Crippen LogP contribution in [-0.4, -0.2) is 13.1 Å². The van der Waals surface area contributed by atoms with Gasteiger partial charge in [-0.15, -0.1) is 0 Å². The fourth-order valence-electron chi connectivity index (χ4n) is 1.88. The molecule has 0 bridgehead atoms. The molecular formula is C11H13BrFN. The highest BCUT2D eigenvalue weighted by Gasteiger charge is 2.31. The molecule has 76 valence electrons. The van der Waals surface area contributed by atoms with Gasteiger partial charge in [0.1, 0.15) is 5.82 Å². The second-order valence-corrected chi connectivity index (χ2v) is 5.28. The molecule has 1 nitrogen and oxygen atoms in total. The van der Waals surface area contributed by atoms with E-state index in [4.69, 9.17) is 0 Å². The van der Waals surface area contributed by atoms with E-state index in [9.17, 15) is 4.39 Å². The van der Waals surface area contributed by atoms with Crippen molar-refractivity contribution in [3.05, 3.63) is 34.1 Å². The smallest absolute Gasteiger partial charge is 0.124 e. The third-order valence-electron chi connectivity index (χ3n) is 2.66. The Bertz CT molecular complexity index is 327. The van der Waals surface area contributed by atoms with Gasteiger partial charge >= 0.3 is 0 Å².